The standard InChI is InChI=1S/C25H31F3O5S/c1-4-5-12-29-21(14-30-20-8-6-19(7-9-20)25(26,27)28)16-34-22-10-11-23(17(2)13-22)31-15-24-32-18(3)33-24/h6-11,13,18,21,24H,4-5,12,14-16H2,1-3H3. The quantitative estimate of drug-likeness (QED) is 0.232. The van der Waals surface area contributed by atoms with Gasteiger partial charge in [-0.25, -0.2) is 0 Å². The zero-order chi connectivity index (χ0) is 24.6. The zero-order valence-corrected chi connectivity index (χ0v) is 20.4. The highest BCUT2D eigenvalue weighted by Crippen LogP contribution is 2.31. The van der Waals surface area contributed by atoms with Gasteiger partial charge in [-0.15, -0.1) is 11.8 Å². The Bertz CT molecular complexity index is 885. The van der Waals surface area contributed by atoms with Gasteiger partial charge in [0.25, 0.3) is 0 Å². The molecule has 0 saturated carbocycles. The van der Waals surface area contributed by atoms with E-state index in [9.17, 15) is 13.2 Å². The van der Waals surface area contributed by atoms with Gasteiger partial charge >= 0.3 is 6.18 Å². The average Bonchev–Trinajstić information content (AvgIpc) is 2.78. The van der Waals surface area contributed by atoms with E-state index in [1.165, 1.54) is 12.1 Å². The molecule has 0 spiro atoms. The first-order valence-electron chi connectivity index (χ1n) is 11.3. The van der Waals surface area contributed by atoms with E-state index >= 15 is 0 Å². The number of unbranched alkanes of at least 4 members (excludes halogenated alkanes) is 1. The molecule has 0 bridgehead atoms. The fourth-order valence-electron chi connectivity index (χ4n) is 3.20. The largest absolute Gasteiger partial charge is 0.491 e. The smallest absolute Gasteiger partial charge is 0.416 e. The molecule has 2 aromatic rings. The monoisotopic (exact) mass is 500 g/mol. The number of rotatable bonds is 13. The van der Waals surface area contributed by atoms with E-state index in [1.807, 2.05) is 32.0 Å². The van der Waals surface area contributed by atoms with Gasteiger partial charge in [0, 0.05) is 17.3 Å². The van der Waals surface area contributed by atoms with Gasteiger partial charge < -0.3 is 23.7 Å². The Balaban J connectivity index is 1.50. The predicted octanol–water partition coefficient (Wildman–Crippen LogP) is 6.47. The Morgan fingerprint density at radius 3 is 2.41 bits per heavy atom. The van der Waals surface area contributed by atoms with Crippen molar-refractivity contribution in [3.63, 3.8) is 0 Å². The molecule has 1 aliphatic heterocycles. The maximum absolute atomic E-state index is 12.8. The summed E-state index contributed by atoms with van der Waals surface area (Å²) in [5.74, 6) is 1.80. The summed E-state index contributed by atoms with van der Waals surface area (Å²) in [5, 5.41) is 0. The highest BCUT2D eigenvalue weighted by atomic mass is 32.2. The first kappa shape index (κ1) is 26.7. The summed E-state index contributed by atoms with van der Waals surface area (Å²) in [4.78, 5) is 1.06. The minimum absolute atomic E-state index is 0.177. The van der Waals surface area contributed by atoms with Crippen molar-refractivity contribution in [3.8, 4) is 11.5 Å². The molecule has 9 heteroatoms. The lowest BCUT2D eigenvalue weighted by atomic mass is 10.2. The number of ether oxygens (including phenoxy) is 5. The average molecular weight is 501 g/mol. The fourth-order valence-corrected chi connectivity index (χ4v) is 4.20. The van der Waals surface area contributed by atoms with Crippen molar-refractivity contribution in [2.24, 2.45) is 0 Å². The molecule has 188 valence electrons. The van der Waals surface area contributed by atoms with Crippen LogP contribution in [0.5, 0.6) is 11.5 Å². The van der Waals surface area contributed by atoms with E-state index < -0.39 is 11.7 Å². The van der Waals surface area contributed by atoms with E-state index in [2.05, 4.69) is 6.92 Å². The van der Waals surface area contributed by atoms with Crippen molar-refractivity contribution >= 4 is 11.8 Å². The topological polar surface area (TPSA) is 46.2 Å². The van der Waals surface area contributed by atoms with Crippen LogP contribution in [0.15, 0.2) is 47.4 Å². The molecule has 1 aliphatic rings. The summed E-state index contributed by atoms with van der Waals surface area (Å²) in [5.41, 5.74) is 0.304. The van der Waals surface area contributed by atoms with Crippen molar-refractivity contribution in [2.45, 2.75) is 63.4 Å². The number of thioether (sulfide) groups is 1. The van der Waals surface area contributed by atoms with E-state index in [0.29, 0.717) is 24.7 Å². The summed E-state index contributed by atoms with van der Waals surface area (Å²) < 4.78 is 66.5. The van der Waals surface area contributed by atoms with Crippen LogP contribution in [0.25, 0.3) is 0 Å². The van der Waals surface area contributed by atoms with E-state index in [4.69, 9.17) is 23.7 Å². The van der Waals surface area contributed by atoms with Gasteiger partial charge in [0.05, 0.1) is 5.56 Å². The number of benzene rings is 2. The molecule has 2 aromatic carbocycles. The number of alkyl halides is 3. The van der Waals surface area contributed by atoms with Gasteiger partial charge in [0.15, 0.2) is 12.6 Å². The molecule has 0 N–H and O–H groups in total. The first-order valence-corrected chi connectivity index (χ1v) is 12.3. The molecule has 1 atom stereocenters. The van der Waals surface area contributed by atoms with Crippen LogP contribution in [0.3, 0.4) is 0 Å². The van der Waals surface area contributed by atoms with Gasteiger partial charge in [0.2, 0.25) is 0 Å². The van der Waals surface area contributed by atoms with Crippen LogP contribution in [-0.2, 0) is 20.4 Å². The van der Waals surface area contributed by atoms with Gasteiger partial charge in [-0.1, -0.05) is 13.3 Å². The summed E-state index contributed by atoms with van der Waals surface area (Å²) >= 11 is 1.63. The minimum atomic E-state index is -4.36. The Labute approximate surface area is 202 Å². The van der Waals surface area contributed by atoms with Gasteiger partial charge in [-0.05, 0) is 68.3 Å². The molecule has 0 amide bonds. The molecule has 5 nitrogen and oxygen atoms in total. The van der Waals surface area contributed by atoms with Crippen molar-refractivity contribution in [2.75, 3.05) is 25.6 Å². The first-order chi connectivity index (χ1) is 16.2. The van der Waals surface area contributed by atoms with Crippen molar-refractivity contribution in [3.05, 3.63) is 53.6 Å². The molecule has 1 unspecified atom stereocenters. The molecule has 0 aromatic heterocycles. The summed E-state index contributed by atoms with van der Waals surface area (Å²) in [6.07, 6.45) is -3.13. The summed E-state index contributed by atoms with van der Waals surface area (Å²) in [7, 11) is 0. The molecule has 34 heavy (non-hydrogen) atoms. The molecular weight excluding hydrogens is 469 g/mol. The van der Waals surface area contributed by atoms with Crippen LogP contribution in [0.1, 0.15) is 37.8 Å². The van der Waals surface area contributed by atoms with Crippen LogP contribution >= 0.6 is 11.8 Å². The molecular formula is C25H31F3O5S. The lowest BCUT2D eigenvalue weighted by Gasteiger charge is -2.33. The highest BCUT2D eigenvalue weighted by Gasteiger charge is 2.30. The fraction of sp³-hybridized carbons (Fsp3) is 0.520. The lowest BCUT2D eigenvalue weighted by Crippen LogP contribution is -2.42. The lowest BCUT2D eigenvalue weighted by molar-refractivity contribution is -0.380. The zero-order valence-electron chi connectivity index (χ0n) is 19.6. The van der Waals surface area contributed by atoms with Crippen molar-refractivity contribution in [1.29, 1.82) is 0 Å². The van der Waals surface area contributed by atoms with Crippen LogP contribution in [0.4, 0.5) is 13.2 Å². The molecule has 1 saturated heterocycles. The third-order valence-electron chi connectivity index (χ3n) is 5.11. The van der Waals surface area contributed by atoms with Gasteiger partial charge in [-0.2, -0.15) is 13.2 Å². The van der Waals surface area contributed by atoms with E-state index in [-0.39, 0.29) is 25.3 Å². The van der Waals surface area contributed by atoms with Crippen LogP contribution in [-0.4, -0.2) is 44.3 Å². The molecule has 1 fully saturated rings. The maximum Gasteiger partial charge on any atom is 0.416 e. The SMILES string of the molecule is CCCCOC(COc1ccc(C(F)(F)F)cc1)CSc1ccc(OCC2OC(C)O2)c(C)c1. The second-order valence-electron chi connectivity index (χ2n) is 8.00. The molecule has 0 aliphatic carbocycles. The highest BCUT2D eigenvalue weighted by molar-refractivity contribution is 7.99. The summed E-state index contributed by atoms with van der Waals surface area (Å²) in [6, 6.07) is 10.7. The number of hydrogen-bond acceptors (Lipinski definition) is 6. The van der Waals surface area contributed by atoms with E-state index in [0.717, 1.165) is 41.2 Å². The molecule has 1 heterocycles. The Morgan fingerprint density at radius 2 is 1.79 bits per heavy atom. The second-order valence-corrected chi connectivity index (χ2v) is 9.09. The number of aryl methyl sites for hydroxylation is 1. The van der Waals surface area contributed by atoms with Crippen LogP contribution in [0.2, 0.25) is 0 Å². The maximum atomic E-state index is 12.8. The van der Waals surface area contributed by atoms with Gasteiger partial charge in [0.1, 0.15) is 30.8 Å². The van der Waals surface area contributed by atoms with Crippen LogP contribution in [0, 0.1) is 6.92 Å². The minimum Gasteiger partial charge on any atom is -0.491 e. The third-order valence-corrected chi connectivity index (χ3v) is 6.24. The normalized spacial score (nSPS) is 18.9. The Morgan fingerprint density at radius 1 is 1.06 bits per heavy atom. The number of hydrogen-bond donors (Lipinski definition) is 0. The Kier molecular flexibility index (Phi) is 9.94. The van der Waals surface area contributed by atoms with Gasteiger partial charge in [-0.3, -0.25) is 0 Å². The second kappa shape index (κ2) is 12.7. The Hall–Kier alpha value is -1.94. The van der Waals surface area contributed by atoms with Crippen LogP contribution < -0.4 is 9.47 Å². The number of halogens is 3. The third kappa shape index (κ3) is 8.37. The predicted molar refractivity (Wildman–Crippen MR) is 124 cm³/mol. The summed E-state index contributed by atoms with van der Waals surface area (Å²) in [6.45, 7) is 7.10. The molecule has 0 radical (unpaired) electrons. The molecule has 3 rings (SSSR count). The van der Waals surface area contributed by atoms with Crippen molar-refractivity contribution in [1.82, 2.24) is 0 Å². The van der Waals surface area contributed by atoms with Crippen molar-refractivity contribution < 1.29 is 36.9 Å². The van der Waals surface area contributed by atoms with E-state index in [1.54, 1.807) is 11.8 Å².